The molecule has 18 heavy (non-hydrogen) atoms. The number of esters is 1. The van der Waals surface area contributed by atoms with E-state index in [2.05, 4.69) is 0 Å². The zero-order chi connectivity index (χ0) is 14.4. The van der Waals surface area contributed by atoms with Crippen LogP contribution in [0.25, 0.3) is 0 Å². The second kappa shape index (κ2) is 4.25. The van der Waals surface area contributed by atoms with Crippen molar-refractivity contribution >= 4 is 11.9 Å². The Hall–Kier alpha value is -1.06. The van der Waals surface area contributed by atoms with Crippen LogP contribution >= 0.6 is 0 Å². The molecular formula is C14H24O4. The molecule has 0 heterocycles. The molecule has 0 aromatic carbocycles. The van der Waals surface area contributed by atoms with Crippen molar-refractivity contribution in [2.75, 3.05) is 0 Å². The largest absolute Gasteiger partial charge is 0.481 e. The molecule has 1 N–H and O–H groups in total. The third-order valence-corrected chi connectivity index (χ3v) is 4.37. The fourth-order valence-corrected chi connectivity index (χ4v) is 2.69. The van der Waals surface area contributed by atoms with Crippen molar-refractivity contribution < 1.29 is 19.4 Å². The Morgan fingerprint density at radius 2 is 1.72 bits per heavy atom. The first-order valence-electron chi connectivity index (χ1n) is 6.38. The minimum absolute atomic E-state index is 0.288. The molecule has 0 aromatic heterocycles. The van der Waals surface area contributed by atoms with Gasteiger partial charge in [-0.05, 0) is 46.0 Å². The lowest BCUT2D eigenvalue weighted by molar-refractivity contribution is -0.174. The van der Waals surface area contributed by atoms with Crippen molar-refractivity contribution in [1.29, 1.82) is 0 Å². The van der Waals surface area contributed by atoms with Crippen LogP contribution in [0.4, 0.5) is 0 Å². The van der Waals surface area contributed by atoms with E-state index in [1.165, 1.54) is 0 Å². The lowest BCUT2D eigenvalue weighted by Crippen LogP contribution is -2.45. The summed E-state index contributed by atoms with van der Waals surface area (Å²) >= 11 is 0. The molecular weight excluding hydrogens is 232 g/mol. The van der Waals surface area contributed by atoms with Crippen molar-refractivity contribution in [1.82, 2.24) is 0 Å². The molecule has 1 saturated carbocycles. The molecule has 2 atom stereocenters. The van der Waals surface area contributed by atoms with E-state index in [-0.39, 0.29) is 5.97 Å². The predicted octanol–water partition coefficient (Wildman–Crippen LogP) is 2.86. The van der Waals surface area contributed by atoms with Crippen LogP contribution in [0.15, 0.2) is 0 Å². The standard InChI is InChI=1S/C14H24O4/c1-12(2,3)18-11(17)14(6)8-7-9(10(15)16)13(14,4)5/h9H,7-8H2,1-6H3,(H,15,16)/t9?,14-/m0/s1. The highest BCUT2D eigenvalue weighted by atomic mass is 16.6. The van der Waals surface area contributed by atoms with Gasteiger partial charge in [-0.2, -0.15) is 0 Å². The van der Waals surface area contributed by atoms with Gasteiger partial charge in [0.05, 0.1) is 11.3 Å². The van der Waals surface area contributed by atoms with E-state index in [1.54, 1.807) is 0 Å². The van der Waals surface area contributed by atoms with Crippen molar-refractivity contribution in [2.45, 2.75) is 60.0 Å². The predicted molar refractivity (Wildman–Crippen MR) is 68.1 cm³/mol. The van der Waals surface area contributed by atoms with Crippen LogP contribution in [-0.4, -0.2) is 22.6 Å². The third kappa shape index (κ3) is 2.38. The fourth-order valence-electron chi connectivity index (χ4n) is 2.69. The summed E-state index contributed by atoms with van der Waals surface area (Å²) in [6.45, 7) is 11.0. The molecule has 4 heteroatoms. The molecule has 1 aliphatic rings. The average Bonchev–Trinajstić information content (AvgIpc) is 2.36. The molecule has 0 bridgehead atoms. The molecule has 0 aromatic rings. The highest BCUT2D eigenvalue weighted by Crippen LogP contribution is 2.56. The second-order valence-corrected chi connectivity index (χ2v) is 6.99. The van der Waals surface area contributed by atoms with Crippen LogP contribution in [0.2, 0.25) is 0 Å². The summed E-state index contributed by atoms with van der Waals surface area (Å²) in [7, 11) is 0. The number of carboxylic acid groups (broad SMARTS) is 1. The summed E-state index contributed by atoms with van der Waals surface area (Å²) in [5, 5.41) is 9.24. The number of hydrogen-bond donors (Lipinski definition) is 1. The maximum atomic E-state index is 12.4. The van der Waals surface area contributed by atoms with Gasteiger partial charge in [-0.1, -0.05) is 13.8 Å². The van der Waals surface area contributed by atoms with E-state index < -0.39 is 28.3 Å². The SMILES string of the molecule is CC(C)(C)OC(=O)[C@]1(C)CCC(C(=O)O)C1(C)C. The number of ether oxygens (including phenoxy) is 1. The summed E-state index contributed by atoms with van der Waals surface area (Å²) in [6, 6.07) is 0. The molecule has 1 aliphatic carbocycles. The zero-order valence-corrected chi connectivity index (χ0v) is 12.2. The van der Waals surface area contributed by atoms with Gasteiger partial charge in [0.15, 0.2) is 0 Å². The van der Waals surface area contributed by atoms with Crippen molar-refractivity contribution in [3.63, 3.8) is 0 Å². The number of hydrogen-bond acceptors (Lipinski definition) is 3. The minimum atomic E-state index is -0.827. The van der Waals surface area contributed by atoms with Crippen molar-refractivity contribution in [2.24, 2.45) is 16.7 Å². The third-order valence-electron chi connectivity index (χ3n) is 4.37. The van der Waals surface area contributed by atoms with Crippen LogP contribution in [0, 0.1) is 16.7 Å². The first-order valence-corrected chi connectivity index (χ1v) is 6.38. The maximum absolute atomic E-state index is 12.4. The number of carboxylic acids is 1. The van der Waals surface area contributed by atoms with Gasteiger partial charge in [0.25, 0.3) is 0 Å². The second-order valence-electron chi connectivity index (χ2n) is 6.99. The van der Waals surface area contributed by atoms with Gasteiger partial charge < -0.3 is 9.84 Å². The van der Waals surface area contributed by atoms with E-state index in [0.29, 0.717) is 12.8 Å². The number of carbonyl (C=O) groups is 2. The van der Waals surface area contributed by atoms with Gasteiger partial charge in [0.2, 0.25) is 0 Å². The topological polar surface area (TPSA) is 63.6 Å². The summed E-state index contributed by atoms with van der Waals surface area (Å²) in [5.41, 5.74) is -1.87. The van der Waals surface area contributed by atoms with Gasteiger partial charge in [0.1, 0.15) is 5.60 Å². The molecule has 0 saturated heterocycles. The van der Waals surface area contributed by atoms with Crippen LogP contribution in [0.5, 0.6) is 0 Å². The molecule has 0 aliphatic heterocycles. The van der Waals surface area contributed by atoms with Gasteiger partial charge in [-0.3, -0.25) is 9.59 Å². The lowest BCUT2D eigenvalue weighted by atomic mass is 9.65. The average molecular weight is 256 g/mol. The van der Waals surface area contributed by atoms with Crippen LogP contribution in [0.1, 0.15) is 54.4 Å². The molecule has 0 spiro atoms. The minimum Gasteiger partial charge on any atom is -0.481 e. The highest BCUT2D eigenvalue weighted by Gasteiger charge is 2.59. The Balaban J connectivity index is 3.01. The number of carbonyl (C=O) groups excluding carboxylic acids is 1. The first-order chi connectivity index (χ1) is 7.92. The molecule has 1 rings (SSSR count). The monoisotopic (exact) mass is 256 g/mol. The lowest BCUT2D eigenvalue weighted by Gasteiger charge is -2.39. The Morgan fingerprint density at radius 1 is 1.22 bits per heavy atom. The van der Waals surface area contributed by atoms with Crippen molar-refractivity contribution in [3.8, 4) is 0 Å². The molecule has 104 valence electrons. The normalized spacial score (nSPS) is 31.1. The molecule has 0 amide bonds. The fraction of sp³-hybridized carbons (Fsp3) is 0.857. The van der Waals surface area contributed by atoms with Gasteiger partial charge in [-0.15, -0.1) is 0 Å². The molecule has 1 fully saturated rings. The van der Waals surface area contributed by atoms with E-state index in [4.69, 9.17) is 4.74 Å². The van der Waals surface area contributed by atoms with Crippen LogP contribution in [0.3, 0.4) is 0 Å². The van der Waals surface area contributed by atoms with Gasteiger partial charge >= 0.3 is 11.9 Å². The molecule has 0 radical (unpaired) electrons. The summed E-state index contributed by atoms with van der Waals surface area (Å²) in [4.78, 5) is 23.6. The van der Waals surface area contributed by atoms with E-state index in [1.807, 2.05) is 41.5 Å². The summed E-state index contributed by atoms with van der Waals surface area (Å²) < 4.78 is 5.46. The molecule has 4 nitrogen and oxygen atoms in total. The van der Waals surface area contributed by atoms with Crippen molar-refractivity contribution in [3.05, 3.63) is 0 Å². The Kier molecular flexibility index (Phi) is 3.54. The zero-order valence-electron chi connectivity index (χ0n) is 12.2. The summed E-state index contributed by atoms with van der Waals surface area (Å²) in [6.07, 6.45) is 1.09. The Labute approximate surface area is 109 Å². The van der Waals surface area contributed by atoms with Crippen LogP contribution < -0.4 is 0 Å². The highest BCUT2D eigenvalue weighted by molar-refractivity contribution is 5.81. The Bertz CT molecular complexity index is 364. The van der Waals surface area contributed by atoms with Crippen LogP contribution in [-0.2, 0) is 14.3 Å². The Morgan fingerprint density at radius 3 is 2.06 bits per heavy atom. The molecule has 1 unspecified atom stereocenters. The van der Waals surface area contributed by atoms with Gasteiger partial charge in [-0.25, -0.2) is 0 Å². The first kappa shape index (κ1) is 15.0. The van der Waals surface area contributed by atoms with E-state index >= 15 is 0 Å². The number of rotatable bonds is 2. The van der Waals surface area contributed by atoms with Gasteiger partial charge in [0, 0.05) is 0 Å². The maximum Gasteiger partial charge on any atom is 0.312 e. The quantitative estimate of drug-likeness (QED) is 0.772. The smallest absolute Gasteiger partial charge is 0.312 e. The summed E-state index contributed by atoms with van der Waals surface area (Å²) in [5.74, 6) is -1.61. The number of aliphatic carboxylic acids is 1. The van der Waals surface area contributed by atoms with E-state index in [9.17, 15) is 14.7 Å². The van der Waals surface area contributed by atoms with E-state index in [0.717, 1.165) is 0 Å².